The van der Waals surface area contributed by atoms with Gasteiger partial charge in [0.1, 0.15) is 23.6 Å². The van der Waals surface area contributed by atoms with E-state index in [0.29, 0.717) is 18.4 Å². The molecule has 3 rings (SSSR count). The minimum absolute atomic E-state index is 0.100. The van der Waals surface area contributed by atoms with Crippen LogP contribution >= 0.6 is 0 Å². The highest BCUT2D eigenvalue weighted by Gasteiger charge is 2.38. The molecule has 1 saturated carbocycles. The van der Waals surface area contributed by atoms with Crippen LogP contribution in [0.25, 0.3) is 0 Å². The van der Waals surface area contributed by atoms with Gasteiger partial charge < -0.3 is 5.32 Å². The van der Waals surface area contributed by atoms with Gasteiger partial charge in [-0.3, -0.25) is 10.3 Å². The number of amides is 2. The minimum Gasteiger partial charge on any atom is -0.335 e. The topological polar surface area (TPSA) is 56.2 Å². The molecule has 1 aromatic carbocycles. The number of carbonyl (C=O) groups excluding carboxylic acids is 1. The number of amidine groups is 1. The van der Waals surface area contributed by atoms with Crippen molar-refractivity contribution in [2.45, 2.75) is 43.9 Å². The molecule has 22 heavy (non-hydrogen) atoms. The Morgan fingerprint density at radius 2 is 1.86 bits per heavy atom. The Hall–Kier alpha value is -2.05. The van der Waals surface area contributed by atoms with Crippen molar-refractivity contribution < 1.29 is 18.0 Å². The smallest absolute Gasteiger partial charge is 0.323 e. The lowest BCUT2D eigenvalue weighted by Gasteiger charge is -2.33. The van der Waals surface area contributed by atoms with Crippen LogP contribution in [0.5, 0.6) is 0 Å². The molecule has 0 bridgehead atoms. The van der Waals surface area contributed by atoms with Crippen molar-refractivity contribution in [1.29, 1.82) is 5.41 Å². The van der Waals surface area contributed by atoms with Gasteiger partial charge in [-0.2, -0.15) is 0 Å². The van der Waals surface area contributed by atoms with Crippen LogP contribution in [0.15, 0.2) is 18.2 Å². The zero-order valence-corrected chi connectivity index (χ0v) is 11.8. The summed E-state index contributed by atoms with van der Waals surface area (Å²) in [5.74, 6) is -1.33. The van der Waals surface area contributed by atoms with Gasteiger partial charge in [-0.25, -0.2) is 18.0 Å². The van der Waals surface area contributed by atoms with Crippen molar-refractivity contribution in [3.63, 3.8) is 0 Å². The molecule has 4 nitrogen and oxygen atoms in total. The maximum absolute atomic E-state index is 13.4. The standard InChI is InChI=1S/C15H16F3N3O/c16-9-3-8(4-10(17)5-9)13-1-2-14(19)21(13)15(22)20-12-6-11(18)7-12/h3-5,11-13,19H,1-2,6-7H2,(H,20,22)/t11?,12?,13-/m0/s1. The average Bonchev–Trinajstić information content (AvgIpc) is 2.77. The van der Waals surface area contributed by atoms with Crippen molar-refractivity contribution in [2.75, 3.05) is 0 Å². The van der Waals surface area contributed by atoms with E-state index in [4.69, 9.17) is 5.41 Å². The number of alkyl halides is 1. The molecule has 7 heteroatoms. The van der Waals surface area contributed by atoms with Crippen LogP contribution in [0.2, 0.25) is 0 Å². The van der Waals surface area contributed by atoms with Crippen LogP contribution in [0.3, 0.4) is 0 Å². The molecule has 1 heterocycles. The second-order valence-electron chi connectivity index (χ2n) is 5.79. The first-order chi connectivity index (χ1) is 10.4. The summed E-state index contributed by atoms with van der Waals surface area (Å²) in [4.78, 5) is 13.5. The summed E-state index contributed by atoms with van der Waals surface area (Å²) in [6, 6.07) is 1.80. The van der Waals surface area contributed by atoms with Gasteiger partial charge in [0.25, 0.3) is 0 Å². The second kappa shape index (κ2) is 5.62. The van der Waals surface area contributed by atoms with Crippen molar-refractivity contribution in [3.8, 4) is 0 Å². The quantitative estimate of drug-likeness (QED) is 0.865. The SMILES string of the molecule is N=C1CC[C@@H](c2cc(F)cc(F)c2)N1C(=O)NC1CC(F)C1. The van der Waals surface area contributed by atoms with Crippen molar-refractivity contribution in [3.05, 3.63) is 35.4 Å². The summed E-state index contributed by atoms with van der Waals surface area (Å²) < 4.78 is 39.6. The fraction of sp³-hybridized carbons (Fsp3) is 0.467. The Labute approximate surface area is 125 Å². The summed E-state index contributed by atoms with van der Waals surface area (Å²) in [5, 5.41) is 10.6. The molecule has 2 amide bonds. The van der Waals surface area contributed by atoms with Gasteiger partial charge in [-0.15, -0.1) is 0 Å². The number of hydrogen-bond donors (Lipinski definition) is 2. The predicted molar refractivity (Wildman–Crippen MR) is 74.3 cm³/mol. The number of rotatable bonds is 2. The number of likely N-dealkylation sites (tertiary alicyclic amines) is 1. The van der Waals surface area contributed by atoms with E-state index in [1.807, 2.05) is 0 Å². The predicted octanol–water partition coefficient (Wildman–Crippen LogP) is 3.29. The van der Waals surface area contributed by atoms with Crippen LogP contribution in [-0.4, -0.2) is 29.0 Å². The molecule has 1 aliphatic heterocycles. The molecular formula is C15H16F3N3O. The Bertz CT molecular complexity index is 596. The highest BCUT2D eigenvalue weighted by molar-refractivity contribution is 5.98. The van der Waals surface area contributed by atoms with Crippen LogP contribution < -0.4 is 5.32 Å². The number of urea groups is 1. The molecule has 1 saturated heterocycles. The molecule has 2 N–H and O–H groups in total. The highest BCUT2D eigenvalue weighted by atomic mass is 19.1. The largest absolute Gasteiger partial charge is 0.335 e. The fourth-order valence-electron chi connectivity index (χ4n) is 2.97. The van der Waals surface area contributed by atoms with Gasteiger partial charge in [-0.05, 0) is 37.0 Å². The molecule has 0 radical (unpaired) electrons. The molecule has 1 aliphatic carbocycles. The molecule has 2 aliphatic rings. The second-order valence-corrected chi connectivity index (χ2v) is 5.79. The lowest BCUT2D eigenvalue weighted by Crippen LogP contribution is -2.51. The zero-order chi connectivity index (χ0) is 15.9. The normalized spacial score (nSPS) is 27.7. The molecule has 118 valence electrons. The molecule has 2 fully saturated rings. The monoisotopic (exact) mass is 311 g/mol. The van der Waals surface area contributed by atoms with Gasteiger partial charge in [0.2, 0.25) is 0 Å². The van der Waals surface area contributed by atoms with Crippen LogP contribution in [0, 0.1) is 17.0 Å². The zero-order valence-electron chi connectivity index (χ0n) is 11.8. The number of nitrogens with zero attached hydrogens (tertiary/aromatic N) is 1. The van der Waals surface area contributed by atoms with Gasteiger partial charge in [0.15, 0.2) is 0 Å². The highest BCUT2D eigenvalue weighted by Crippen LogP contribution is 2.34. The molecular weight excluding hydrogens is 295 g/mol. The maximum atomic E-state index is 13.4. The van der Waals surface area contributed by atoms with E-state index in [1.165, 1.54) is 17.0 Å². The summed E-state index contributed by atoms with van der Waals surface area (Å²) in [6.07, 6.45) is 0.438. The summed E-state index contributed by atoms with van der Waals surface area (Å²) >= 11 is 0. The Balaban J connectivity index is 1.78. The lowest BCUT2D eigenvalue weighted by molar-refractivity contribution is 0.148. The van der Waals surface area contributed by atoms with E-state index in [9.17, 15) is 18.0 Å². The molecule has 0 unspecified atom stereocenters. The number of halogens is 3. The summed E-state index contributed by atoms with van der Waals surface area (Å²) in [6.45, 7) is 0. The van der Waals surface area contributed by atoms with E-state index in [1.54, 1.807) is 0 Å². The minimum atomic E-state index is -0.892. The van der Waals surface area contributed by atoms with Gasteiger partial charge in [0, 0.05) is 18.5 Å². The van der Waals surface area contributed by atoms with Gasteiger partial charge in [-0.1, -0.05) is 0 Å². The molecule has 1 atom stereocenters. The summed E-state index contributed by atoms with van der Waals surface area (Å²) in [5.41, 5.74) is 0.326. The number of benzene rings is 1. The van der Waals surface area contributed by atoms with Crippen molar-refractivity contribution >= 4 is 11.9 Å². The van der Waals surface area contributed by atoms with E-state index in [0.717, 1.165) is 6.07 Å². The van der Waals surface area contributed by atoms with Gasteiger partial charge in [0.05, 0.1) is 6.04 Å². The lowest BCUT2D eigenvalue weighted by atomic mass is 9.91. The first-order valence-corrected chi connectivity index (χ1v) is 7.21. The number of carbonyl (C=O) groups is 1. The molecule has 0 spiro atoms. The Morgan fingerprint density at radius 3 is 2.45 bits per heavy atom. The van der Waals surface area contributed by atoms with Crippen LogP contribution in [-0.2, 0) is 0 Å². The molecule has 1 aromatic rings. The van der Waals surface area contributed by atoms with E-state index in [-0.39, 0.29) is 24.7 Å². The van der Waals surface area contributed by atoms with E-state index in [2.05, 4.69) is 5.32 Å². The number of nitrogens with one attached hydrogen (secondary N) is 2. The third-order valence-electron chi connectivity index (χ3n) is 4.15. The van der Waals surface area contributed by atoms with E-state index >= 15 is 0 Å². The van der Waals surface area contributed by atoms with Crippen LogP contribution in [0.1, 0.15) is 37.3 Å². The first kappa shape index (κ1) is 14.9. The van der Waals surface area contributed by atoms with Crippen molar-refractivity contribution in [2.24, 2.45) is 0 Å². The third kappa shape index (κ3) is 2.80. The average molecular weight is 311 g/mol. The van der Waals surface area contributed by atoms with Crippen LogP contribution in [0.4, 0.5) is 18.0 Å². The van der Waals surface area contributed by atoms with Crippen molar-refractivity contribution in [1.82, 2.24) is 10.2 Å². The first-order valence-electron chi connectivity index (χ1n) is 7.21. The Morgan fingerprint density at radius 1 is 1.23 bits per heavy atom. The fourth-order valence-corrected chi connectivity index (χ4v) is 2.97. The Kier molecular flexibility index (Phi) is 3.80. The summed E-state index contributed by atoms with van der Waals surface area (Å²) in [7, 11) is 0. The third-order valence-corrected chi connectivity index (χ3v) is 4.15. The number of hydrogen-bond acceptors (Lipinski definition) is 2. The maximum Gasteiger partial charge on any atom is 0.323 e. The molecule has 0 aromatic heterocycles. The van der Waals surface area contributed by atoms with E-state index < -0.39 is 29.9 Å². The van der Waals surface area contributed by atoms with Gasteiger partial charge >= 0.3 is 6.03 Å².